The standard InChI is InChI=1S/C22H37NO/c1-2-3-4-5-6-7-8-9-10-11-12-16-19-23-22(24)20-21-17-14-13-15-18-21/h13-15,17-18H,2-12,16,19-20H2,1H3,(H,23,24). The van der Waals surface area contributed by atoms with Crippen LogP contribution in [-0.4, -0.2) is 12.5 Å². The Bertz CT molecular complexity index is 402. The zero-order chi connectivity index (χ0) is 17.3. The Morgan fingerprint density at radius 1 is 0.750 bits per heavy atom. The first-order valence-corrected chi connectivity index (χ1v) is 10.1. The van der Waals surface area contributed by atoms with E-state index in [1.807, 2.05) is 30.3 Å². The smallest absolute Gasteiger partial charge is 0.224 e. The highest BCUT2D eigenvalue weighted by atomic mass is 16.1. The molecule has 0 aliphatic rings. The monoisotopic (exact) mass is 331 g/mol. The molecule has 0 atom stereocenters. The minimum atomic E-state index is 0.143. The number of rotatable bonds is 15. The summed E-state index contributed by atoms with van der Waals surface area (Å²) < 4.78 is 0. The van der Waals surface area contributed by atoms with Crippen LogP contribution in [0.5, 0.6) is 0 Å². The van der Waals surface area contributed by atoms with Gasteiger partial charge in [-0.15, -0.1) is 0 Å². The summed E-state index contributed by atoms with van der Waals surface area (Å²) in [6.07, 6.45) is 16.7. The van der Waals surface area contributed by atoms with Crippen molar-refractivity contribution >= 4 is 5.91 Å². The molecule has 2 heteroatoms. The largest absolute Gasteiger partial charge is 0.356 e. The molecule has 0 spiro atoms. The molecule has 0 aliphatic carbocycles. The first-order chi connectivity index (χ1) is 11.8. The normalized spacial score (nSPS) is 10.7. The van der Waals surface area contributed by atoms with E-state index in [1.54, 1.807) is 0 Å². The van der Waals surface area contributed by atoms with Gasteiger partial charge in [-0.1, -0.05) is 108 Å². The van der Waals surface area contributed by atoms with E-state index < -0.39 is 0 Å². The Kier molecular flexibility index (Phi) is 13.2. The van der Waals surface area contributed by atoms with Gasteiger partial charge in [0.05, 0.1) is 6.42 Å². The first-order valence-electron chi connectivity index (χ1n) is 10.1. The van der Waals surface area contributed by atoms with Crippen LogP contribution in [0, 0.1) is 0 Å². The fourth-order valence-electron chi connectivity index (χ4n) is 3.04. The number of carbonyl (C=O) groups excluding carboxylic acids is 1. The van der Waals surface area contributed by atoms with Crippen LogP contribution in [0.1, 0.15) is 89.5 Å². The van der Waals surface area contributed by atoms with E-state index in [9.17, 15) is 4.79 Å². The molecule has 1 aromatic carbocycles. The van der Waals surface area contributed by atoms with Crippen LogP contribution in [0.15, 0.2) is 30.3 Å². The summed E-state index contributed by atoms with van der Waals surface area (Å²) in [4.78, 5) is 11.8. The van der Waals surface area contributed by atoms with Gasteiger partial charge in [0.1, 0.15) is 0 Å². The summed E-state index contributed by atoms with van der Waals surface area (Å²) in [5.41, 5.74) is 1.09. The van der Waals surface area contributed by atoms with Gasteiger partial charge in [0.25, 0.3) is 0 Å². The van der Waals surface area contributed by atoms with Crippen molar-refractivity contribution in [3.63, 3.8) is 0 Å². The molecule has 0 aromatic heterocycles. The molecule has 24 heavy (non-hydrogen) atoms. The van der Waals surface area contributed by atoms with Crippen LogP contribution in [0.2, 0.25) is 0 Å². The van der Waals surface area contributed by atoms with Crippen molar-refractivity contribution < 1.29 is 4.79 Å². The van der Waals surface area contributed by atoms with Crippen LogP contribution in [-0.2, 0) is 11.2 Å². The number of unbranched alkanes of at least 4 members (excludes halogenated alkanes) is 11. The Labute approximate surface area is 149 Å². The third-order valence-electron chi connectivity index (χ3n) is 4.56. The predicted molar refractivity (Wildman–Crippen MR) is 104 cm³/mol. The zero-order valence-corrected chi connectivity index (χ0v) is 15.7. The van der Waals surface area contributed by atoms with Gasteiger partial charge in [0.15, 0.2) is 0 Å². The molecule has 0 saturated heterocycles. The number of amides is 1. The van der Waals surface area contributed by atoms with Crippen LogP contribution in [0.4, 0.5) is 0 Å². The number of hydrogen-bond acceptors (Lipinski definition) is 1. The minimum absolute atomic E-state index is 0.143. The van der Waals surface area contributed by atoms with Gasteiger partial charge >= 0.3 is 0 Å². The molecular formula is C22H37NO. The lowest BCUT2D eigenvalue weighted by Crippen LogP contribution is -2.26. The summed E-state index contributed by atoms with van der Waals surface area (Å²) in [6.45, 7) is 3.10. The van der Waals surface area contributed by atoms with Crippen molar-refractivity contribution in [2.75, 3.05) is 6.54 Å². The molecule has 1 aromatic rings. The van der Waals surface area contributed by atoms with E-state index in [4.69, 9.17) is 0 Å². The fraction of sp³-hybridized carbons (Fsp3) is 0.682. The lowest BCUT2D eigenvalue weighted by atomic mass is 10.1. The molecule has 0 radical (unpaired) electrons. The molecule has 0 saturated carbocycles. The zero-order valence-electron chi connectivity index (χ0n) is 15.7. The van der Waals surface area contributed by atoms with E-state index in [2.05, 4.69) is 12.2 Å². The Morgan fingerprint density at radius 2 is 1.25 bits per heavy atom. The van der Waals surface area contributed by atoms with Crippen molar-refractivity contribution in [2.24, 2.45) is 0 Å². The van der Waals surface area contributed by atoms with Gasteiger partial charge in [-0.2, -0.15) is 0 Å². The molecule has 136 valence electrons. The van der Waals surface area contributed by atoms with Crippen molar-refractivity contribution in [3.05, 3.63) is 35.9 Å². The number of nitrogens with one attached hydrogen (secondary N) is 1. The molecular weight excluding hydrogens is 294 g/mol. The molecule has 1 rings (SSSR count). The average molecular weight is 332 g/mol. The highest BCUT2D eigenvalue weighted by Crippen LogP contribution is 2.11. The summed E-state index contributed by atoms with van der Waals surface area (Å²) in [7, 11) is 0. The van der Waals surface area contributed by atoms with Gasteiger partial charge in [0, 0.05) is 6.54 Å². The highest BCUT2D eigenvalue weighted by Gasteiger charge is 2.01. The Balaban J connectivity index is 1.81. The molecule has 1 amide bonds. The molecule has 0 fully saturated rings. The lowest BCUT2D eigenvalue weighted by Gasteiger charge is -2.06. The maximum Gasteiger partial charge on any atom is 0.224 e. The predicted octanol–water partition coefficient (Wildman–Crippen LogP) is 6.05. The summed E-state index contributed by atoms with van der Waals surface area (Å²) in [5, 5.41) is 3.03. The van der Waals surface area contributed by atoms with Gasteiger partial charge in [-0.3, -0.25) is 4.79 Å². The van der Waals surface area contributed by atoms with E-state index in [1.165, 1.54) is 70.6 Å². The topological polar surface area (TPSA) is 29.1 Å². The molecule has 1 N–H and O–H groups in total. The van der Waals surface area contributed by atoms with E-state index in [0.29, 0.717) is 6.42 Å². The van der Waals surface area contributed by atoms with Crippen LogP contribution >= 0.6 is 0 Å². The number of benzene rings is 1. The Hall–Kier alpha value is -1.31. The molecule has 0 aliphatic heterocycles. The van der Waals surface area contributed by atoms with Crippen molar-refractivity contribution in [2.45, 2.75) is 90.4 Å². The molecule has 2 nitrogen and oxygen atoms in total. The average Bonchev–Trinajstić information content (AvgIpc) is 2.60. The molecule has 0 unspecified atom stereocenters. The van der Waals surface area contributed by atoms with Crippen LogP contribution in [0.3, 0.4) is 0 Å². The summed E-state index contributed by atoms with van der Waals surface area (Å²) >= 11 is 0. The molecule has 0 bridgehead atoms. The van der Waals surface area contributed by atoms with E-state index in [-0.39, 0.29) is 5.91 Å². The highest BCUT2D eigenvalue weighted by molar-refractivity contribution is 5.78. The quantitative estimate of drug-likeness (QED) is 0.390. The maximum atomic E-state index is 11.8. The van der Waals surface area contributed by atoms with Crippen LogP contribution in [0.25, 0.3) is 0 Å². The lowest BCUT2D eigenvalue weighted by molar-refractivity contribution is -0.120. The second kappa shape index (κ2) is 15.2. The van der Waals surface area contributed by atoms with Crippen molar-refractivity contribution in [1.29, 1.82) is 0 Å². The summed E-state index contributed by atoms with van der Waals surface area (Å²) in [5.74, 6) is 0.143. The van der Waals surface area contributed by atoms with Crippen molar-refractivity contribution in [3.8, 4) is 0 Å². The minimum Gasteiger partial charge on any atom is -0.356 e. The Morgan fingerprint density at radius 3 is 1.79 bits per heavy atom. The van der Waals surface area contributed by atoms with Gasteiger partial charge in [-0.05, 0) is 12.0 Å². The molecule has 0 heterocycles. The number of hydrogen-bond donors (Lipinski definition) is 1. The van der Waals surface area contributed by atoms with Gasteiger partial charge < -0.3 is 5.32 Å². The second-order valence-corrected chi connectivity index (χ2v) is 6.90. The fourth-order valence-corrected chi connectivity index (χ4v) is 3.04. The summed E-state index contributed by atoms with van der Waals surface area (Å²) in [6, 6.07) is 9.95. The third kappa shape index (κ3) is 12.2. The SMILES string of the molecule is CCCCCCCCCCCCCCNC(=O)Cc1ccccc1. The van der Waals surface area contributed by atoms with Gasteiger partial charge in [0.2, 0.25) is 5.91 Å². The van der Waals surface area contributed by atoms with Crippen LogP contribution < -0.4 is 5.32 Å². The third-order valence-corrected chi connectivity index (χ3v) is 4.56. The van der Waals surface area contributed by atoms with Gasteiger partial charge in [-0.25, -0.2) is 0 Å². The first kappa shape index (κ1) is 20.7. The van der Waals surface area contributed by atoms with E-state index in [0.717, 1.165) is 18.5 Å². The van der Waals surface area contributed by atoms with E-state index >= 15 is 0 Å². The number of carbonyl (C=O) groups is 1. The maximum absolute atomic E-state index is 11.8. The second-order valence-electron chi connectivity index (χ2n) is 6.90. The van der Waals surface area contributed by atoms with Crippen molar-refractivity contribution in [1.82, 2.24) is 5.32 Å².